The Kier molecular flexibility index (Phi) is 5.22. The van der Waals surface area contributed by atoms with Crippen LogP contribution in [0.15, 0.2) is 23.0 Å². The monoisotopic (exact) mass is 238 g/mol. The molecule has 0 aromatic carbocycles. The molecule has 0 aliphatic carbocycles. The van der Waals surface area contributed by atoms with Gasteiger partial charge in [0.1, 0.15) is 0 Å². The molecule has 1 rings (SSSR count). The lowest BCUT2D eigenvalue weighted by atomic mass is 10.1. The molecular weight excluding hydrogens is 216 g/mol. The lowest BCUT2D eigenvalue weighted by Gasteiger charge is -2.25. The summed E-state index contributed by atoms with van der Waals surface area (Å²) in [5.41, 5.74) is 1.06. The van der Waals surface area contributed by atoms with Gasteiger partial charge >= 0.3 is 0 Å². The molecule has 1 aromatic rings. The zero-order chi connectivity index (χ0) is 12.8. The van der Waals surface area contributed by atoms with E-state index in [0.717, 1.165) is 18.7 Å². The van der Waals surface area contributed by atoms with Gasteiger partial charge in [-0.15, -0.1) is 0 Å². The zero-order valence-corrected chi connectivity index (χ0v) is 11.1. The SMILES string of the molecule is CCN(CC)C(=O)C(C)NC(C)c1ccoc1. The summed E-state index contributed by atoms with van der Waals surface area (Å²) in [4.78, 5) is 13.9. The standard InChI is InChI=1S/C13H22N2O2/c1-5-15(6-2)13(16)11(4)14-10(3)12-7-8-17-9-12/h7-11,14H,5-6H2,1-4H3. The fourth-order valence-electron chi connectivity index (χ4n) is 1.87. The average molecular weight is 238 g/mol. The first-order chi connectivity index (χ1) is 8.10. The molecule has 0 aliphatic rings. The Morgan fingerprint density at radius 2 is 2.06 bits per heavy atom. The number of amides is 1. The van der Waals surface area contributed by atoms with Crippen LogP contribution in [0.4, 0.5) is 0 Å². The number of hydrogen-bond acceptors (Lipinski definition) is 3. The summed E-state index contributed by atoms with van der Waals surface area (Å²) in [6, 6.07) is 1.84. The maximum Gasteiger partial charge on any atom is 0.239 e. The van der Waals surface area contributed by atoms with E-state index in [4.69, 9.17) is 4.42 Å². The lowest BCUT2D eigenvalue weighted by molar-refractivity contribution is -0.132. The number of likely N-dealkylation sites (N-methyl/N-ethyl adjacent to an activating group) is 1. The van der Waals surface area contributed by atoms with Crippen LogP contribution in [0.3, 0.4) is 0 Å². The third kappa shape index (κ3) is 3.60. The number of nitrogens with zero attached hydrogens (tertiary/aromatic N) is 1. The molecule has 96 valence electrons. The molecule has 2 atom stereocenters. The molecule has 2 unspecified atom stereocenters. The van der Waals surface area contributed by atoms with Crippen LogP contribution < -0.4 is 5.32 Å². The topological polar surface area (TPSA) is 45.5 Å². The van der Waals surface area contributed by atoms with Crippen LogP contribution in [0.25, 0.3) is 0 Å². The van der Waals surface area contributed by atoms with Crippen molar-refractivity contribution in [2.45, 2.75) is 39.8 Å². The minimum atomic E-state index is -0.181. The molecule has 0 aliphatic heterocycles. The molecule has 1 aromatic heterocycles. The van der Waals surface area contributed by atoms with E-state index in [1.807, 2.05) is 38.7 Å². The summed E-state index contributed by atoms with van der Waals surface area (Å²) in [5.74, 6) is 0.144. The normalized spacial score (nSPS) is 14.4. The van der Waals surface area contributed by atoms with Crippen LogP contribution in [-0.4, -0.2) is 29.9 Å². The molecule has 0 radical (unpaired) electrons. The van der Waals surface area contributed by atoms with Gasteiger partial charge in [-0.25, -0.2) is 0 Å². The van der Waals surface area contributed by atoms with E-state index in [9.17, 15) is 4.79 Å². The van der Waals surface area contributed by atoms with Crippen LogP contribution in [0, 0.1) is 0 Å². The van der Waals surface area contributed by atoms with E-state index in [2.05, 4.69) is 5.32 Å². The third-order valence-corrected chi connectivity index (χ3v) is 2.99. The second-order valence-corrected chi connectivity index (χ2v) is 4.18. The van der Waals surface area contributed by atoms with Gasteiger partial charge in [-0.2, -0.15) is 0 Å². The highest BCUT2D eigenvalue weighted by molar-refractivity contribution is 5.81. The van der Waals surface area contributed by atoms with Crippen molar-refractivity contribution in [3.63, 3.8) is 0 Å². The van der Waals surface area contributed by atoms with Gasteiger partial charge < -0.3 is 9.32 Å². The van der Waals surface area contributed by atoms with Crippen molar-refractivity contribution in [3.05, 3.63) is 24.2 Å². The van der Waals surface area contributed by atoms with Gasteiger partial charge in [0.05, 0.1) is 18.6 Å². The predicted octanol–water partition coefficient (Wildman–Crippen LogP) is 2.19. The molecule has 0 saturated carbocycles. The molecule has 4 heteroatoms. The molecule has 4 nitrogen and oxygen atoms in total. The van der Waals surface area contributed by atoms with Crippen LogP contribution in [0.2, 0.25) is 0 Å². The van der Waals surface area contributed by atoms with Crippen LogP contribution in [0.5, 0.6) is 0 Å². The van der Waals surface area contributed by atoms with Crippen LogP contribution in [0.1, 0.15) is 39.3 Å². The zero-order valence-electron chi connectivity index (χ0n) is 11.1. The second kappa shape index (κ2) is 6.45. The van der Waals surface area contributed by atoms with Gasteiger partial charge in [-0.05, 0) is 33.8 Å². The number of furan rings is 1. The van der Waals surface area contributed by atoms with Crippen molar-refractivity contribution in [2.75, 3.05) is 13.1 Å². The first-order valence-electron chi connectivity index (χ1n) is 6.17. The highest BCUT2D eigenvalue weighted by atomic mass is 16.3. The van der Waals surface area contributed by atoms with Gasteiger partial charge in [-0.3, -0.25) is 10.1 Å². The fourth-order valence-corrected chi connectivity index (χ4v) is 1.87. The molecule has 1 amide bonds. The number of carbonyl (C=O) groups is 1. The smallest absolute Gasteiger partial charge is 0.239 e. The Morgan fingerprint density at radius 3 is 2.53 bits per heavy atom. The van der Waals surface area contributed by atoms with Gasteiger partial charge in [-0.1, -0.05) is 0 Å². The van der Waals surface area contributed by atoms with Gasteiger partial charge in [0.15, 0.2) is 0 Å². The Hall–Kier alpha value is -1.29. The first-order valence-corrected chi connectivity index (χ1v) is 6.17. The molecule has 0 fully saturated rings. The van der Waals surface area contributed by atoms with Crippen molar-refractivity contribution in [1.82, 2.24) is 10.2 Å². The Labute approximate surface area is 103 Å². The minimum Gasteiger partial charge on any atom is -0.472 e. The maximum absolute atomic E-state index is 12.1. The van der Waals surface area contributed by atoms with Crippen molar-refractivity contribution >= 4 is 5.91 Å². The summed E-state index contributed by atoms with van der Waals surface area (Å²) in [7, 11) is 0. The largest absolute Gasteiger partial charge is 0.472 e. The molecule has 17 heavy (non-hydrogen) atoms. The highest BCUT2D eigenvalue weighted by Crippen LogP contribution is 2.13. The molecule has 1 heterocycles. The van der Waals surface area contributed by atoms with Crippen molar-refractivity contribution in [2.24, 2.45) is 0 Å². The van der Waals surface area contributed by atoms with E-state index in [1.54, 1.807) is 12.5 Å². The van der Waals surface area contributed by atoms with Crippen molar-refractivity contribution in [1.29, 1.82) is 0 Å². The molecular formula is C13H22N2O2. The number of rotatable bonds is 6. The Bertz CT molecular complexity index is 331. The van der Waals surface area contributed by atoms with Crippen LogP contribution in [-0.2, 0) is 4.79 Å². The number of nitrogens with one attached hydrogen (secondary N) is 1. The number of carbonyl (C=O) groups excluding carboxylic acids is 1. The summed E-state index contributed by atoms with van der Waals surface area (Å²) >= 11 is 0. The minimum absolute atomic E-state index is 0.114. The highest BCUT2D eigenvalue weighted by Gasteiger charge is 2.20. The first kappa shape index (κ1) is 13.8. The van der Waals surface area contributed by atoms with E-state index >= 15 is 0 Å². The van der Waals surface area contributed by atoms with Gasteiger partial charge in [0, 0.05) is 24.7 Å². The summed E-state index contributed by atoms with van der Waals surface area (Å²) in [5, 5.41) is 3.28. The van der Waals surface area contributed by atoms with E-state index in [1.165, 1.54) is 0 Å². The second-order valence-electron chi connectivity index (χ2n) is 4.18. The average Bonchev–Trinajstić information content (AvgIpc) is 2.83. The third-order valence-electron chi connectivity index (χ3n) is 2.99. The molecule has 0 bridgehead atoms. The Balaban J connectivity index is 2.54. The summed E-state index contributed by atoms with van der Waals surface area (Å²) in [6.07, 6.45) is 3.34. The Morgan fingerprint density at radius 1 is 1.41 bits per heavy atom. The van der Waals surface area contributed by atoms with E-state index in [0.29, 0.717) is 0 Å². The lowest BCUT2D eigenvalue weighted by Crippen LogP contribution is -2.45. The van der Waals surface area contributed by atoms with E-state index < -0.39 is 0 Å². The fraction of sp³-hybridized carbons (Fsp3) is 0.615. The molecule has 1 N–H and O–H groups in total. The van der Waals surface area contributed by atoms with E-state index in [-0.39, 0.29) is 18.0 Å². The number of hydrogen-bond donors (Lipinski definition) is 1. The predicted molar refractivity (Wildman–Crippen MR) is 67.6 cm³/mol. The quantitative estimate of drug-likeness (QED) is 0.826. The summed E-state index contributed by atoms with van der Waals surface area (Å²) in [6.45, 7) is 9.41. The maximum atomic E-state index is 12.1. The van der Waals surface area contributed by atoms with Gasteiger partial charge in [0.25, 0.3) is 0 Å². The van der Waals surface area contributed by atoms with Crippen LogP contribution >= 0.6 is 0 Å². The summed E-state index contributed by atoms with van der Waals surface area (Å²) < 4.78 is 5.03. The van der Waals surface area contributed by atoms with Crippen molar-refractivity contribution < 1.29 is 9.21 Å². The van der Waals surface area contributed by atoms with Gasteiger partial charge in [0.2, 0.25) is 5.91 Å². The molecule has 0 spiro atoms. The van der Waals surface area contributed by atoms with Crippen molar-refractivity contribution in [3.8, 4) is 0 Å². The molecule has 0 saturated heterocycles.